The van der Waals surface area contributed by atoms with Gasteiger partial charge in [-0.25, -0.2) is 4.98 Å². The summed E-state index contributed by atoms with van der Waals surface area (Å²) in [6.45, 7) is 2.53. The predicted molar refractivity (Wildman–Crippen MR) is 104 cm³/mol. The molecule has 0 radical (unpaired) electrons. The van der Waals surface area contributed by atoms with Crippen LogP contribution >= 0.6 is 23.2 Å². The van der Waals surface area contributed by atoms with Crippen LogP contribution in [0.2, 0.25) is 10.0 Å². The Morgan fingerprint density at radius 2 is 1.77 bits per heavy atom. The SMILES string of the molecule is COc1ccc(Cn2c(-c3ccc(C)o3)nc3cc(Cl)c(Cl)cc32)cc1. The van der Waals surface area contributed by atoms with Crippen molar-refractivity contribution in [1.29, 1.82) is 0 Å². The van der Waals surface area contributed by atoms with E-state index in [2.05, 4.69) is 4.57 Å². The number of rotatable bonds is 4. The number of ether oxygens (including phenoxy) is 1. The molecule has 0 spiro atoms. The molecule has 0 aliphatic heterocycles. The number of hydrogen-bond donors (Lipinski definition) is 0. The highest BCUT2D eigenvalue weighted by molar-refractivity contribution is 6.42. The van der Waals surface area contributed by atoms with E-state index in [1.807, 2.05) is 49.4 Å². The normalized spacial score (nSPS) is 11.2. The standard InChI is InChI=1S/C20H16Cl2N2O2/c1-12-3-8-19(26-12)20-23-17-9-15(21)16(22)10-18(17)24(20)11-13-4-6-14(25-2)7-5-13/h3-10H,11H2,1-2H3. The third-order valence-corrected chi connectivity index (χ3v) is 4.97. The Morgan fingerprint density at radius 1 is 1.04 bits per heavy atom. The summed E-state index contributed by atoms with van der Waals surface area (Å²) in [7, 11) is 1.65. The lowest BCUT2D eigenvalue weighted by molar-refractivity contribution is 0.414. The molecule has 4 rings (SSSR count). The second kappa shape index (κ2) is 6.71. The topological polar surface area (TPSA) is 40.2 Å². The van der Waals surface area contributed by atoms with E-state index in [0.29, 0.717) is 22.4 Å². The van der Waals surface area contributed by atoms with Crippen LogP contribution in [-0.2, 0) is 6.54 Å². The fourth-order valence-electron chi connectivity index (χ4n) is 2.94. The van der Waals surface area contributed by atoms with Gasteiger partial charge in [-0.3, -0.25) is 0 Å². The van der Waals surface area contributed by atoms with Gasteiger partial charge in [-0.2, -0.15) is 0 Å². The average Bonchev–Trinajstić information content (AvgIpc) is 3.20. The molecule has 0 bridgehead atoms. The molecular formula is C20H16Cl2N2O2. The zero-order valence-electron chi connectivity index (χ0n) is 14.3. The number of aromatic nitrogens is 2. The summed E-state index contributed by atoms with van der Waals surface area (Å²) < 4.78 is 13.1. The first-order valence-electron chi connectivity index (χ1n) is 8.10. The Morgan fingerprint density at radius 3 is 2.42 bits per heavy atom. The molecule has 0 N–H and O–H groups in total. The zero-order valence-corrected chi connectivity index (χ0v) is 15.8. The molecule has 4 aromatic rings. The maximum Gasteiger partial charge on any atom is 0.177 e. The van der Waals surface area contributed by atoms with Gasteiger partial charge in [-0.05, 0) is 48.9 Å². The lowest BCUT2D eigenvalue weighted by Crippen LogP contribution is -2.02. The predicted octanol–water partition coefficient (Wildman–Crippen LogP) is 5.97. The first kappa shape index (κ1) is 17.0. The smallest absolute Gasteiger partial charge is 0.177 e. The average molecular weight is 387 g/mol. The molecule has 4 nitrogen and oxygen atoms in total. The van der Waals surface area contributed by atoms with Crippen molar-refractivity contribution in [2.75, 3.05) is 7.11 Å². The summed E-state index contributed by atoms with van der Waals surface area (Å²) in [5.74, 6) is 3.10. The van der Waals surface area contributed by atoms with E-state index < -0.39 is 0 Å². The Hall–Kier alpha value is -2.43. The molecule has 0 aliphatic rings. The minimum atomic E-state index is 0.482. The van der Waals surface area contributed by atoms with Crippen molar-refractivity contribution in [1.82, 2.24) is 9.55 Å². The summed E-state index contributed by atoms with van der Waals surface area (Å²) in [6.07, 6.45) is 0. The summed E-state index contributed by atoms with van der Waals surface area (Å²) in [4.78, 5) is 4.73. The molecular weight excluding hydrogens is 371 g/mol. The highest BCUT2D eigenvalue weighted by atomic mass is 35.5. The number of fused-ring (bicyclic) bond motifs is 1. The monoisotopic (exact) mass is 386 g/mol. The van der Waals surface area contributed by atoms with Crippen LogP contribution in [-0.4, -0.2) is 16.7 Å². The van der Waals surface area contributed by atoms with Gasteiger partial charge in [0.15, 0.2) is 11.6 Å². The summed E-state index contributed by atoms with van der Waals surface area (Å²) in [5.41, 5.74) is 2.79. The lowest BCUT2D eigenvalue weighted by atomic mass is 10.2. The van der Waals surface area contributed by atoms with Crippen molar-refractivity contribution in [3.63, 3.8) is 0 Å². The van der Waals surface area contributed by atoms with Crippen molar-refractivity contribution in [3.8, 4) is 17.3 Å². The van der Waals surface area contributed by atoms with Crippen LogP contribution in [0.5, 0.6) is 5.75 Å². The number of methoxy groups -OCH3 is 1. The van der Waals surface area contributed by atoms with Crippen LogP contribution in [0.25, 0.3) is 22.6 Å². The number of furan rings is 1. The third kappa shape index (κ3) is 3.06. The molecule has 0 saturated carbocycles. The van der Waals surface area contributed by atoms with Crippen molar-refractivity contribution in [3.05, 3.63) is 69.9 Å². The second-order valence-electron chi connectivity index (χ2n) is 6.03. The highest BCUT2D eigenvalue weighted by Gasteiger charge is 2.17. The van der Waals surface area contributed by atoms with Gasteiger partial charge in [-0.1, -0.05) is 35.3 Å². The van der Waals surface area contributed by atoms with E-state index >= 15 is 0 Å². The Kier molecular flexibility index (Phi) is 4.39. The molecule has 0 amide bonds. The largest absolute Gasteiger partial charge is 0.497 e. The van der Waals surface area contributed by atoms with Gasteiger partial charge in [0.2, 0.25) is 0 Å². The molecule has 26 heavy (non-hydrogen) atoms. The van der Waals surface area contributed by atoms with Crippen LogP contribution in [0.4, 0.5) is 0 Å². The maximum absolute atomic E-state index is 6.25. The molecule has 2 aromatic carbocycles. The Balaban J connectivity index is 1.87. The number of halogens is 2. The van der Waals surface area contributed by atoms with Crippen LogP contribution in [0.1, 0.15) is 11.3 Å². The van der Waals surface area contributed by atoms with Crippen molar-refractivity contribution in [2.24, 2.45) is 0 Å². The van der Waals surface area contributed by atoms with E-state index in [0.717, 1.165) is 33.9 Å². The molecule has 2 heterocycles. The molecule has 0 unspecified atom stereocenters. The summed E-state index contributed by atoms with van der Waals surface area (Å²) in [5, 5.41) is 0.979. The van der Waals surface area contributed by atoms with E-state index in [1.165, 1.54) is 0 Å². The minimum Gasteiger partial charge on any atom is -0.497 e. The van der Waals surface area contributed by atoms with Crippen molar-refractivity contribution < 1.29 is 9.15 Å². The van der Waals surface area contributed by atoms with Crippen molar-refractivity contribution >= 4 is 34.2 Å². The van der Waals surface area contributed by atoms with E-state index in [4.69, 9.17) is 37.3 Å². The second-order valence-corrected chi connectivity index (χ2v) is 6.85. The Bertz CT molecular complexity index is 1080. The molecule has 6 heteroatoms. The quantitative estimate of drug-likeness (QED) is 0.433. The van der Waals surface area contributed by atoms with Gasteiger partial charge in [0, 0.05) is 6.54 Å². The Labute approximate surface area is 160 Å². The first-order chi connectivity index (χ1) is 12.5. The van der Waals surface area contributed by atoms with Gasteiger partial charge in [0.25, 0.3) is 0 Å². The van der Waals surface area contributed by atoms with Crippen LogP contribution in [0.3, 0.4) is 0 Å². The lowest BCUT2D eigenvalue weighted by Gasteiger charge is -2.09. The zero-order chi connectivity index (χ0) is 18.3. The van der Waals surface area contributed by atoms with E-state index in [1.54, 1.807) is 13.2 Å². The number of benzene rings is 2. The molecule has 132 valence electrons. The van der Waals surface area contributed by atoms with Crippen LogP contribution in [0, 0.1) is 6.92 Å². The third-order valence-electron chi connectivity index (χ3n) is 4.25. The molecule has 0 aliphatic carbocycles. The first-order valence-corrected chi connectivity index (χ1v) is 8.86. The van der Waals surface area contributed by atoms with Gasteiger partial charge >= 0.3 is 0 Å². The van der Waals surface area contributed by atoms with Gasteiger partial charge in [-0.15, -0.1) is 0 Å². The molecule has 0 atom stereocenters. The summed E-state index contributed by atoms with van der Waals surface area (Å²) in [6, 6.07) is 15.4. The highest BCUT2D eigenvalue weighted by Crippen LogP contribution is 2.32. The number of hydrogen-bond acceptors (Lipinski definition) is 3. The number of nitrogens with zero attached hydrogens (tertiary/aromatic N) is 2. The molecule has 0 saturated heterocycles. The van der Waals surface area contributed by atoms with Gasteiger partial charge in [0.05, 0.1) is 28.2 Å². The molecule has 0 fully saturated rings. The fourth-order valence-corrected chi connectivity index (χ4v) is 3.25. The number of aryl methyl sites for hydroxylation is 1. The van der Waals surface area contributed by atoms with E-state index in [-0.39, 0.29) is 0 Å². The van der Waals surface area contributed by atoms with Gasteiger partial charge in [0.1, 0.15) is 11.5 Å². The molecule has 2 aromatic heterocycles. The van der Waals surface area contributed by atoms with Crippen LogP contribution < -0.4 is 4.74 Å². The summed E-state index contributed by atoms with van der Waals surface area (Å²) >= 11 is 12.4. The van der Waals surface area contributed by atoms with Crippen LogP contribution in [0.15, 0.2) is 52.9 Å². The minimum absolute atomic E-state index is 0.482. The maximum atomic E-state index is 6.25. The van der Waals surface area contributed by atoms with Crippen molar-refractivity contribution in [2.45, 2.75) is 13.5 Å². The number of imidazole rings is 1. The van der Waals surface area contributed by atoms with E-state index in [9.17, 15) is 0 Å². The fraction of sp³-hybridized carbons (Fsp3) is 0.150. The van der Waals surface area contributed by atoms with Gasteiger partial charge < -0.3 is 13.7 Å².